The van der Waals surface area contributed by atoms with Crippen LogP contribution in [0.3, 0.4) is 0 Å². The van der Waals surface area contributed by atoms with Crippen LogP contribution in [0.4, 0.5) is 0 Å². The molecule has 1 aliphatic rings. The Morgan fingerprint density at radius 2 is 1.91 bits per heavy atom. The van der Waals surface area contributed by atoms with Crippen molar-refractivity contribution in [1.82, 2.24) is 0 Å². The number of benzene rings is 3. The highest BCUT2D eigenvalue weighted by Crippen LogP contribution is 2.43. The lowest BCUT2D eigenvalue weighted by Crippen LogP contribution is -2.21. The van der Waals surface area contributed by atoms with E-state index in [1.807, 2.05) is 30.5 Å². The number of carbonyl (C=O) groups is 1. The molecular formula is C27H19ClN2O4S. The molecule has 35 heavy (non-hydrogen) atoms. The highest BCUT2D eigenvalue weighted by molar-refractivity contribution is 7.98. The summed E-state index contributed by atoms with van der Waals surface area (Å²) in [7, 11) is 0. The third-order valence-corrected chi connectivity index (χ3v) is 6.91. The number of aryl methyl sites for hydroxylation is 1. The van der Waals surface area contributed by atoms with Crippen molar-refractivity contribution in [2.45, 2.75) is 17.7 Å². The van der Waals surface area contributed by atoms with Gasteiger partial charge in [0.25, 0.3) is 0 Å². The standard InChI is InChI=1S/C27H19ClN2O4S/c1-14-20-11-16(28)5-10-22(20)33-25(14)27(31)32-17-6-9-19-23(12-17)34-26(30)21(13-29)24(19)15-3-7-18(35-2)8-4-15/h3-12,24H,30H2,1-2H3. The number of hydrogen-bond acceptors (Lipinski definition) is 7. The van der Waals surface area contributed by atoms with E-state index in [1.54, 1.807) is 55.1 Å². The molecule has 0 fully saturated rings. The maximum absolute atomic E-state index is 12.9. The second kappa shape index (κ2) is 9.06. The van der Waals surface area contributed by atoms with Crippen LogP contribution in [0.5, 0.6) is 11.5 Å². The van der Waals surface area contributed by atoms with Gasteiger partial charge >= 0.3 is 5.97 Å². The first kappa shape index (κ1) is 22.9. The molecule has 0 saturated heterocycles. The molecule has 8 heteroatoms. The van der Waals surface area contributed by atoms with Crippen molar-refractivity contribution in [1.29, 1.82) is 5.26 Å². The maximum Gasteiger partial charge on any atom is 0.379 e. The Kier molecular flexibility index (Phi) is 5.93. The van der Waals surface area contributed by atoms with Gasteiger partial charge in [-0.05, 0) is 55.1 Å². The van der Waals surface area contributed by atoms with Crippen LogP contribution in [0, 0.1) is 18.3 Å². The van der Waals surface area contributed by atoms with Crippen molar-refractivity contribution >= 4 is 40.3 Å². The minimum Gasteiger partial charge on any atom is -0.449 e. The van der Waals surface area contributed by atoms with Crippen LogP contribution in [-0.4, -0.2) is 12.2 Å². The Hall–Kier alpha value is -3.86. The average Bonchev–Trinajstić information content (AvgIpc) is 3.19. The fraction of sp³-hybridized carbons (Fsp3) is 0.111. The normalized spacial score (nSPS) is 14.9. The second-order valence-corrected chi connectivity index (χ2v) is 9.30. The largest absolute Gasteiger partial charge is 0.449 e. The van der Waals surface area contributed by atoms with Gasteiger partial charge in [-0.3, -0.25) is 0 Å². The van der Waals surface area contributed by atoms with Gasteiger partial charge < -0.3 is 19.6 Å². The molecule has 5 rings (SSSR count). The van der Waals surface area contributed by atoms with Gasteiger partial charge in [0.05, 0.1) is 5.92 Å². The van der Waals surface area contributed by atoms with E-state index in [4.69, 9.17) is 31.2 Å². The van der Waals surface area contributed by atoms with E-state index in [9.17, 15) is 10.1 Å². The Labute approximate surface area is 210 Å². The van der Waals surface area contributed by atoms with Gasteiger partial charge in [-0.25, -0.2) is 4.79 Å². The number of furan rings is 1. The summed E-state index contributed by atoms with van der Waals surface area (Å²) in [5.74, 6) is -0.246. The van der Waals surface area contributed by atoms with E-state index in [0.29, 0.717) is 27.5 Å². The summed E-state index contributed by atoms with van der Waals surface area (Å²) in [5, 5.41) is 11.1. The van der Waals surface area contributed by atoms with Crippen molar-refractivity contribution in [3.8, 4) is 17.6 Å². The summed E-state index contributed by atoms with van der Waals surface area (Å²) in [6.07, 6.45) is 2.00. The van der Waals surface area contributed by atoms with E-state index in [0.717, 1.165) is 21.4 Å². The van der Waals surface area contributed by atoms with Crippen LogP contribution in [0.25, 0.3) is 11.0 Å². The van der Waals surface area contributed by atoms with Crippen LogP contribution in [0.15, 0.2) is 81.4 Å². The van der Waals surface area contributed by atoms with E-state index in [-0.39, 0.29) is 17.4 Å². The molecule has 1 aromatic heterocycles. The van der Waals surface area contributed by atoms with Gasteiger partial charge in [0, 0.05) is 32.5 Å². The van der Waals surface area contributed by atoms with Crippen LogP contribution in [0.2, 0.25) is 5.02 Å². The number of ether oxygens (including phenoxy) is 2. The van der Waals surface area contributed by atoms with Crippen molar-refractivity contribution in [2.75, 3.05) is 6.26 Å². The summed E-state index contributed by atoms with van der Waals surface area (Å²) in [5.41, 5.74) is 9.28. The van der Waals surface area contributed by atoms with Crippen molar-refractivity contribution in [3.63, 3.8) is 0 Å². The van der Waals surface area contributed by atoms with E-state index in [2.05, 4.69) is 6.07 Å². The molecule has 0 amide bonds. The summed E-state index contributed by atoms with van der Waals surface area (Å²) in [6, 6.07) is 20.3. The highest BCUT2D eigenvalue weighted by Gasteiger charge is 2.31. The molecule has 174 valence electrons. The topological polar surface area (TPSA) is 98.5 Å². The molecule has 6 nitrogen and oxygen atoms in total. The zero-order chi connectivity index (χ0) is 24.7. The summed E-state index contributed by atoms with van der Waals surface area (Å²) in [4.78, 5) is 14.0. The average molecular weight is 503 g/mol. The molecule has 0 bridgehead atoms. The SMILES string of the molecule is CSc1ccc(C2C(C#N)=C(N)Oc3cc(OC(=O)c4oc5ccc(Cl)cc5c4C)ccc32)cc1. The highest BCUT2D eigenvalue weighted by atomic mass is 35.5. The van der Waals surface area contributed by atoms with Gasteiger partial charge in [0.1, 0.15) is 28.7 Å². The van der Waals surface area contributed by atoms with Gasteiger partial charge in [0.15, 0.2) is 0 Å². The predicted molar refractivity (Wildman–Crippen MR) is 135 cm³/mol. The summed E-state index contributed by atoms with van der Waals surface area (Å²) < 4.78 is 17.1. The third kappa shape index (κ3) is 4.12. The van der Waals surface area contributed by atoms with Crippen molar-refractivity contribution in [2.24, 2.45) is 5.73 Å². The zero-order valence-corrected chi connectivity index (χ0v) is 20.4. The van der Waals surface area contributed by atoms with E-state index < -0.39 is 11.9 Å². The molecule has 2 N–H and O–H groups in total. The molecule has 0 radical (unpaired) electrons. The Morgan fingerprint density at radius 1 is 1.14 bits per heavy atom. The monoisotopic (exact) mass is 502 g/mol. The van der Waals surface area contributed by atoms with Gasteiger partial charge in [-0.2, -0.15) is 5.26 Å². The minimum absolute atomic E-state index is 0.0208. The number of esters is 1. The number of nitrogens with two attached hydrogens (primary N) is 1. The third-order valence-electron chi connectivity index (χ3n) is 5.93. The number of carbonyl (C=O) groups excluding carboxylic acids is 1. The van der Waals surface area contributed by atoms with Crippen LogP contribution < -0.4 is 15.2 Å². The van der Waals surface area contributed by atoms with Crippen LogP contribution in [0.1, 0.15) is 33.2 Å². The molecule has 0 spiro atoms. The smallest absolute Gasteiger partial charge is 0.379 e. The van der Waals surface area contributed by atoms with Crippen molar-refractivity contribution in [3.05, 3.63) is 99.6 Å². The Bertz CT molecular complexity index is 1550. The van der Waals surface area contributed by atoms with Crippen LogP contribution in [-0.2, 0) is 0 Å². The number of fused-ring (bicyclic) bond motifs is 2. The lowest BCUT2D eigenvalue weighted by molar-refractivity contribution is 0.0702. The summed E-state index contributed by atoms with van der Waals surface area (Å²) in [6.45, 7) is 1.77. The maximum atomic E-state index is 12.9. The fourth-order valence-corrected chi connectivity index (χ4v) is 4.76. The molecule has 2 heterocycles. The van der Waals surface area contributed by atoms with E-state index in [1.165, 1.54) is 0 Å². The van der Waals surface area contributed by atoms with Gasteiger partial charge in [-0.1, -0.05) is 29.8 Å². The molecule has 1 unspecified atom stereocenters. The molecule has 3 aromatic carbocycles. The van der Waals surface area contributed by atoms with Gasteiger partial charge in [-0.15, -0.1) is 11.8 Å². The van der Waals surface area contributed by atoms with E-state index >= 15 is 0 Å². The molecule has 1 aliphatic heterocycles. The molecule has 4 aromatic rings. The Morgan fingerprint density at radius 3 is 2.63 bits per heavy atom. The van der Waals surface area contributed by atoms with Crippen LogP contribution >= 0.6 is 23.4 Å². The molecule has 0 aliphatic carbocycles. The minimum atomic E-state index is -0.643. The fourth-order valence-electron chi connectivity index (χ4n) is 4.18. The molecule has 1 atom stereocenters. The quantitative estimate of drug-likeness (QED) is 0.192. The zero-order valence-electron chi connectivity index (χ0n) is 18.8. The first-order chi connectivity index (χ1) is 16.9. The molecule has 0 saturated carbocycles. The number of allylic oxidation sites excluding steroid dienone is 1. The number of nitriles is 1. The second-order valence-electron chi connectivity index (χ2n) is 7.98. The molecular weight excluding hydrogens is 484 g/mol. The first-order valence-corrected chi connectivity index (χ1v) is 12.3. The first-order valence-electron chi connectivity index (χ1n) is 10.7. The lowest BCUT2D eigenvalue weighted by atomic mass is 9.83. The van der Waals surface area contributed by atoms with Crippen molar-refractivity contribution < 1.29 is 18.7 Å². The lowest BCUT2D eigenvalue weighted by Gasteiger charge is -2.26. The summed E-state index contributed by atoms with van der Waals surface area (Å²) >= 11 is 7.71. The number of hydrogen-bond donors (Lipinski definition) is 1. The number of nitrogens with zero attached hydrogens (tertiary/aromatic N) is 1. The number of thioether (sulfide) groups is 1. The number of halogens is 1. The Balaban J connectivity index is 1.48. The predicted octanol–water partition coefficient (Wildman–Crippen LogP) is 6.55. The number of rotatable bonds is 4. The van der Waals surface area contributed by atoms with Gasteiger partial charge in [0.2, 0.25) is 11.6 Å².